The third kappa shape index (κ3) is 3.00. The monoisotopic (exact) mass is 325 g/mol. The number of benzene rings is 1. The quantitative estimate of drug-likeness (QED) is 0.391. The molecule has 0 fully saturated rings. The number of carbonyl (C=O) groups is 2. The van der Waals surface area contributed by atoms with Gasteiger partial charge in [-0.3, -0.25) is 14.8 Å². The van der Waals surface area contributed by atoms with Gasteiger partial charge >= 0.3 is 5.97 Å². The number of nitrogens with zero attached hydrogens (tertiary/aromatic N) is 2. The van der Waals surface area contributed by atoms with E-state index >= 15 is 0 Å². The Balaban J connectivity index is 2.13. The number of carboxylic acids is 1. The third-order valence-electron chi connectivity index (χ3n) is 3.20. The van der Waals surface area contributed by atoms with E-state index in [0.717, 1.165) is 17.0 Å². The van der Waals surface area contributed by atoms with Crippen molar-refractivity contribution >= 4 is 52.0 Å². The summed E-state index contributed by atoms with van der Waals surface area (Å²) in [6, 6.07) is 8.98. The number of fused-ring (bicyclic) bond motifs is 3. The first kappa shape index (κ1) is 15.0. The van der Waals surface area contributed by atoms with E-state index in [1.807, 2.05) is 12.1 Å². The third-order valence-corrected chi connectivity index (χ3v) is 3.53. The summed E-state index contributed by atoms with van der Waals surface area (Å²) in [6.07, 6.45) is 4.06. The average molecular weight is 325 g/mol. The summed E-state index contributed by atoms with van der Waals surface area (Å²) in [7, 11) is 0. The fourth-order valence-electron chi connectivity index (χ4n) is 2.25. The van der Waals surface area contributed by atoms with Gasteiger partial charge in [-0.25, -0.2) is 4.79 Å². The van der Waals surface area contributed by atoms with Gasteiger partial charge in [-0.15, -0.1) is 12.6 Å². The number of aliphatic carboxylic acids is 1. The lowest BCUT2D eigenvalue weighted by Gasteiger charge is -2.10. The van der Waals surface area contributed by atoms with Crippen molar-refractivity contribution in [3.05, 3.63) is 53.7 Å². The number of carboxylic acid groups (broad SMARTS) is 1. The van der Waals surface area contributed by atoms with Gasteiger partial charge < -0.3 is 10.4 Å². The Morgan fingerprint density at radius 1 is 1.13 bits per heavy atom. The van der Waals surface area contributed by atoms with Crippen molar-refractivity contribution in [1.29, 1.82) is 0 Å². The fraction of sp³-hybridized carbons (Fsp3) is 0. The predicted molar refractivity (Wildman–Crippen MR) is 90.4 cm³/mol. The van der Waals surface area contributed by atoms with E-state index in [1.54, 1.807) is 30.6 Å². The van der Waals surface area contributed by atoms with Gasteiger partial charge in [0.05, 0.1) is 21.6 Å². The normalized spacial score (nSPS) is 11.6. The molecule has 1 amide bonds. The number of rotatable bonds is 3. The molecule has 114 valence electrons. The topological polar surface area (TPSA) is 92.2 Å². The van der Waals surface area contributed by atoms with Gasteiger partial charge in [-0.1, -0.05) is 6.07 Å². The molecular formula is C16H11N3O3S. The van der Waals surface area contributed by atoms with E-state index in [4.69, 9.17) is 5.11 Å². The maximum atomic E-state index is 12.1. The van der Waals surface area contributed by atoms with Crippen molar-refractivity contribution in [2.24, 2.45) is 0 Å². The molecule has 0 spiro atoms. The van der Waals surface area contributed by atoms with Crippen LogP contribution in [0.4, 0.5) is 5.69 Å². The van der Waals surface area contributed by atoms with E-state index in [-0.39, 0.29) is 4.91 Å². The van der Waals surface area contributed by atoms with Gasteiger partial charge in [0.15, 0.2) is 0 Å². The van der Waals surface area contributed by atoms with Crippen LogP contribution in [0, 0.1) is 0 Å². The molecule has 23 heavy (non-hydrogen) atoms. The maximum Gasteiger partial charge on any atom is 0.329 e. The highest BCUT2D eigenvalue weighted by molar-refractivity contribution is 7.85. The van der Waals surface area contributed by atoms with Crippen LogP contribution >= 0.6 is 12.6 Å². The van der Waals surface area contributed by atoms with Gasteiger partial charge in [0.25, 0.3) is 5.91 Å². The van der Waals surface area contributed by atoms with Crippen LogP contribution in [-0.4, -0.2) is 27.0 Å². The molecule has 0 aliphatic carbocycles. The molecule has 7 heteroatoms. The predicted octanol–water partition coefficient (Wildman–Crippen LogP) is 2.62. The van der Waals surface area contributed by atoms with Crippen molar-refractivity contribution in [2.45, 2.75) is 0 Å². The summed E-state index contributed by atoms with van der Waals surface area (Å²) < 4.78 is 0. The first-order valence-electron chi connectivity index (χ1n) is 6.63. The zero-order chi connectivity index (χ0) is 16.4. The number of hydrogen-bond donors (Lipinski definition) is 3. The van der Waals surface area contributed by atoms with E-state index < -0.39 is 11.9 Å². The largest absolute Gasteiger partial charge is 0.478 e. The zero-order valence-electron chi connectivity index (χ0n) is 11.7. The number of hydrogen-bond acceptors (Lipinski definition) is 5. The van der Waals surface area contributed by atoms with Crippen LogP contribution in [0.2, 0.25) is 0 Å². The summed E-state index contributed by atoms with van der Waals surface area (Å²) in [6.45, 7) is 0. The molecule has 2 heterocycles. The number of thiol groups is 1. The summed E-state index contributed by atoms with van der Waals surface area (Å²) in [5, 5.41) is 12.9. The van der Waals surface area contributed by atoms with Gasteiger partial charge in [0.2, 0.25) is 0 Å². The Morgan fingerprint density at radius 2 is 1.83 bits per heavy atom. The van der Waals surface area contributed by atoms with E-state index in [9.17, 15) is 9.59 Å². The number of pyridine rings is 2. The Labute approximate surface area is 136 Å². The highest BCUT2D eigenvalue weighted by Crippen LogP contribution is 2.29. The van der Waals surface area contributed by atoms with Crippen LogP contribution in [0.5, 0.6) is 0 Å². The summed E-state index contributed by atoms with van der Waals surface area (Å²) in [5.41, 5.74) is 1.90. The average Bonchev–Trinajstić information content (AvgIpc) is 2.54. The first-order chi connectivity index (χ1) is 11.1. The smallest absolute Gasteiger partial charge is 0.329 e. The molecule has 0 aliphatic rings. The number of aromatic nitrogens is 2. The van der Waals surface area contributed by atoms with Crippen molar-refractivity contribution in [2.75, 3.05) is 5.32 Å². The number of anilines is 1. The lowest BCUT2D eigenvalue weighted by atomic mass is 10.1. The van der Waals surface area contributed by atoms with Crippen LogP contribution in [-0.2, 0) is 9.59 Å². The van der Waals surface area contributed by atoms with E-state index in [0.29, 0.717) is 16.6 Å². The Morgan fingerprint density at radius 3 is 2.57 bits per heavy atom. The standard InChI is InChI=1S/C16H11N3O3S/c20-13(21)8-12(23)16(22)19-11-7-9-3-1-5-17-14(9)15-10(11)4-2-6-18-15/h1-8,23H,(H,19,22)(H,20,21)/b12-8+. The summed E-state index contributed by atoms with van der Waals surface area (Å²) in [5.74, 6) is -1.84. The van der Waals surface area contributed by atoms with Gasteiger partial charge in [-0.2, -0.15) is 0 Å². The summed E-state index contributed by atoms with van der Waals surface area (Å²) in [4.78, 5) is 31.2. The second kappa shape index (κ2) is 6.05. The molecule has 3 rings (SSSR count). The lowest BCUT2D eigenvalue weighted by molar-refractivity contribution is -0.131. The number of amides is 1. The van der Waals surface area contributed by atoms with E-state index in [1.165, 1.54) is 0 Å². The van der Waals surface area contributed by atoms with Gasteiger partial charge in [-0.05, 0) is 24.3 Å². The molecule has 0 aliphatic heterocycles. The molecule has 0 saturated heterocycles. The Hall–Kier alpha value is -2.93. The maximum absolute atomic E-state index is 12.1. The van der Waals surface area contributed by atoms with Crippen LogP contribution in [0.15, 0.2) is 53.7 Å². The molecular weight excluding hydrogens is 314 g/mol. The Kier molecular flexibility index (Phi) is 3.94. The van der Waals surface area contributed by atoms with Gasteiger partial charge in [0, 0.05) is 29.2 Å². The molecule has 0 bridgehead atoms. The van der Waals surface area contributed by atoms with Crippen molar-refractivity contribution in [3.8, 4) is 0 Å². The highest BCUT2D eigenvalue weighted by atomic mass is 32.1. The molecule has 0 unspecified atom stereocenters. The fourth-order valence-corrected chi connectivity index (χ4v) is 2.42. The van der Waals surface area contributed by atoms with Crippen LogP contribution in [0.25, 0.3) is 21.8 Å². The van der Waals surface area contributed by atoms with Crippen LogP contribution < -0.4 is 5.32 Å². The van der Waals surface area contributed by atoms with Crippen LogP contribution in [0.3, 0.4) is 0 Å². The second-order valence-corrected chi connectivity index (χ2v) is 5.20. The van der Waals surface area contributed by atoms with Gasteiger partial charge in [0.1, 0.15) is 0 Å². The first-order valence-corrected chi connectivity index (χ1v) is 7.08. The molecule has 6 nitrogen and oxygen atoms in total. The molecule has 3 aromatic rings. The molecule has 2 aromatic heterocycles. The van der Waals surface area contributed by atoms with Crippen molar-refractivity contribution in [1.82, 2.24) is 9.97 Å². The minimum atomic E-state index is -1.24. The molecule has 0 radical (unpaired) electrons. The minimum absolute atomic E-state index is 0.194. The molecule has 1 aromatic carbocycles. The second-order valence-electron chi connectivity index (χ2n) is 4.72. The van der Waals surface area contributed by atoms with Crippen molar-refractivity contribution < 1.29 is 14.7 Å². The number of nitrogens with one attached hydrogen (secondary N) is 1. The molecule has 0 atom stereocenters. The molecule has 2 N–H and O–H groups in total. The molecule has 0 saturated carbocycles. The SMILES string of the molecule is O=C(O)/C=C(/S)C(=O)Nc1cc2cccnc2c2ncccc12. The van der Waals surface area contributed by atoms with Crippen LogP contribution in [0.1, 0.15) is 0 Å². The summed E-state index contributed by atoms with van der Waals surface area (Å²) >= 11 is 3.90. The number of carbonyl (C=O) groups excluding carboxylic acids is 1. The highest BCUT2D eigenvalue weighted by Gasteiger charge is 2.13. The van der Waals surface area contributed by atoms with E-state index in [2.05, 4.69) is 27.9 Å². The zero-order valence-corrected chi connectivity index (χ0v) is 12.6. The minimum Gasteiger partial charge on any atom is -0.478 e. The Bertz CT molecular complexity index is 969. The lowest BCUT2D eigenvalue weighted by Crippen LogP contribution is -2.13. The van der Waals surface area contributed by atoms with Crippen molar-refractivity contribution in [3.63, 3.8) is 0 Å².